The van der Waals surface area contributed by atoms with Gasteiger partial charge in [-0.05, 0) is 42.5 Å². The number of anilines is 1. The van der Waals surface area contributed by atoms with E-state index in [2.05, 4.69) is 6.07 Å². The Hall–Kier alpha value is -2.12. The molecular formula is C13H10N2OS. The number of benzene rings is 2. The van der Waals surface area contributed by atoms with Gasteiger partial charge in [0.15, 0.2) is 0 Å². The zero-order chi connectivity index (χ0) is 12.3. The highest BCUT2D eigenvalue weighted by Gasteiger charge is 2.01. The van der Waals surface area contributed by atoms with E-state index in [0.717, 1.165) is 9.79 Å². The van der Waals surface area contributed by atoms with Gasteiger partial charge in [-0.15, -0.1) is 0 Å². The lowest BCUT2D eigenvalue weighted by Gasteiger charge is -2.04. The summed E-state index contributed by atoms with van der Waals surface area (Å²) in [7, 11) is 0. The molecular weight excluding hydrogens is 232 g/mol. The lowest BCUT2D eigenvalue weighted by molar-refractivity contribution is 0.477. The summed E-state index contributed by atoms with van der Waals surface area (Å²) < 4.78 is 0. The minimum Gasteiger partial charge on any atom is -0.506 e. The van der Waals surface area contributed by atoms with Gasteiger partial charge in [0.2, 0.25) is 0 Å². The number of nitrogens with two attached hydrogens (primary N) is 1. The Morgan fingerprint density at radius 2 is 1.71 bits per heavy atom. The van der Waals surface area contributed by atoms with Gasteiger partial charge in [0, 0.05) is 9.79 Å². The maximum Gasteiger partial charge on any atom is 0.138 e. The van der Waals surface area contributed by atoms with Crippen LogP contribution in [0.25, 0.3) is 0 Å². The molecule has 0 radical (unpaired) electrons. The first-order valence-electron chi connectivity index (χ1n) is 4.95. The highest BCUT2D eigenvalue weighted by Crippen LogP contribution is 2.31. The number of phenols is 1. The number of hydrogen-bond donors (Lipinski definition) is 2. The van der Waals surface area contributed by atoms with E-state index in [1.807, 2.05) is 12.1 Å². The van der Waals surface area contributed by atoms with Crippen molar-refractivity contribution in [1.29, 1.82) is 5.26 Å². The van der Waals surface area contributed by atoms with Crippen LogP contribution < -0.4 is 5.73 Å². The van der Waals surface area contributed by atoms with Crippen LogP contribution in [0.15, 0.2) is 52.3 Å². The minimum absolute atomic E-state index is 0.0918. The standard InChI is InChI=1S/C13H10N2OS/c14-8-9-1-3-10(4-2-9)17-11-5-6-13(16)12(15)7-11/h1-7,16H,15H2. The van der Waals surface area contributed by atoms with Gasteiger partial charge < -0.3 is 10.8 Å². The molecule has 0 fully saturated rings. The molecule has 2 aromatic rings. The number of aromatic hydroxyl groups is 1. The summed E-state index contributed by atoms with van der Waals surface area (Å²) in [5.74, 6) is 0.0918. The Labute approximate surface area is 104 Å². The third-order valence-corrected chi connectivity index (χ3v) is 3.22. The summed E-state index contributed by atoms with van der Waals surface area (Å²) >= 11 is 1.53. The second-order valence-electron chi connectivity index (χ2n) is 3.46. The van der Waals surface area contributed by atoms with Gasteiger partial charge in [0.05, 0.1) is 17.3 Å². The fourth-order valence-electron chi connectivity index (χ4n) is 1.33. The average Bonchev–Trinajstić information content (AvgIpc) is 2.35. The zero-order valence-electron chi connectivity index (χ0n) is 8.92. The zero-order valence-corrected chi connectivity index (χ0v) is 9.74. The van der Waals surface area contributed by atoms with E-state index < -0.39 is 0 Å². The molecule has 0 saturated carbocycles. The molecule has 0 spiro atoms. The van der Waals surface area contributed by atoms with Gasteiger partial charge in [0.1, 0.15) is 5.75 Å². The molecule has 0 saturated heterocycles. The molecule has 84 valence electrons. The summed E-state index contributed by atoms with van der Waals surface area (Å²) in [5, 5.41) is 18.0. The Balaban J connectivity index is 2.20. The van der Waals surface area contributed by atoms with Gasteiger partial charge >= 0.3 is 0 Å². The molecule has 0 aromatic heterocycles. The average molecular weight is 242 g/mol. The van der Waals surface area contributed by atoms with Crippen molar-refractivity contribution in [2.45, 2.75) is 9.79 Å². The van der Waals surface area contributed by atoms with Crippen LogP contribution in [0.4, 0.5) is 5.69 Å². The smallest absolute Gasteiger partial charge is 0.138 e. The molecule has 2 aromatic carbocycles. The Morgan fingerprint density at radius 3 is 2.29 bits per heavy atom. The number of nitrogen functional groups attached to an aromatic ring is 1. The van der Waals surface area contributed by atoms with Crippen LogP contribution in [0.3, 0.4) is 0 Å². The second-order valence-corrected chi connectivity index (χ2v) is 4.61. The van der Waals surface area contributed by atoms with Crippen molar-refractivity contribution < 1.29 is 5.11 Å². The monoisotopic (exact) mass is 242 g/mol. The molecule has 0 aliphatic heterocycles. The third-order valence-electron chi connectivity index (χ3n) is 2.22. The van der Waals surface area contributed by atoms with E-state index in [9.17, 15) is 5.11 Å². The maximum atomic E-state index is 9.31. The molecule has 0 bridgehead atoms. The molecule has 4 heteroatoms. The van der Waals surface area contributed by atoms with Crippen molar-refractivity contribution >= 4 is 17.4 Å². The minimum atomic E-state index is 0.0918. The third kappa shape index (κ3) is 2.71. The van der Waals surface area contributed by atoms with Crippen LogP contribution >= 0.6 is 11.8 Å². The van der Waals surface area contributed by atoms with Crippen LogP contribution in [0.1, 0.15) is 5.56 Å². The van der Waals surface area contributed by atoms with Crippen LogP contribution in [0.5, 0.6) is 5.75 Å². The van der Waals surface area contributed by atoms with Crippen LogP contribution in [0.2, 0.25) is 0 Å². The molecule has 3 N–H and O–H groups in total. The van der Waals surface area contributed by atoms with Crippen molar-refractivity contribution in [2.75, 3.05) is 5.73 Å². The predicted molar refractivity (Wildman–Crippen MR) is 67.8 cm³/mol. The molecule has 0 aliphatic rings. The fraction of sp³-hybridized carbons (Fsp3) is 0. The summed E-state index contributed by atoms with van der Waals surface area (Å²) in [6.45, 7) is 0. The first-order valence-corrected chi connectivity index (χ1v) is 5.77. The number of nitrogens with zero attached hydrogens (tertiary/aromatic N) is 1. The van der Waals surface area contributed by atoms with Crippen LogP contribution in [0, 0.1) is 11.3 Å². The maximum absolute atomic E-state index is 9.31. The summed E-state index contributed by atoms with van der Waals surface area (Å²) in [4.78, 5) is 1.97. The number of rotatable bonds is 2. The van der Waals surface area contributed by atoms with Crippen molar-refractivity contribution in [2.24, 2.45) is 0 Å². The fourth-order valence-corrected chi connectivity index (χ4v) is 2.20. The first-order chi connectivity index (χ1) is 8.19. The molecule has 3 nitrogen and oxygen atoms in total. The van der Waals surface area contributed by atoms with E-state index in [0.29, 0.717) is 11.3 Å². The highest BCUT2D eigenvalue weighted by atomic mass is 32.2. The lowest BCUT2D eigenvalue weighted by atomic mass is 10.2. The van der Waals surface area contributed by atoms with E-state index >= 15 is 0 Å². The van der Waals surface area contributed by atoms with E-state index in [-0.39, 0.29) is 5.75 Å². The molecule has 0 unspecified atom stereocenters. The lowest BCUT2D eigenvalue weighted by Crippen LogP contribution is -1.85. The van der Waals surface area contributed by atoms with Gasteiger partial charge in [-0.25, -0.2) is 0 Å². The number of hydrogen-bond acceptors (Lipinski definition) is 4. The number of nitriles is 1. The van der Waals surface area contributed by atoms with Crippen molar-refractivity contribution in [3.8, 4) is 11.8 Å². The van der Waals surface area contributed by atoms with Crippen molar-refractivity contribution in [3.63, 3.8) is 0 Å². The Kier molecular flexibility index (Phi) is 3.22. The number of phenolic OH excluding ortho intramolecular Hbond substituents is 1. The summed E-state index contributed by atoms with van der Waals surface area (Å²) in [6, 6.07) is 14.5. The van der Waals surface area contributed by atoms with Crippen molar-refractivity contribution in [3.05, 3.63) is 48.0 Å². The first kappa shape index (κ1) is 11.4. The molecule has 17 heavy (non-hydrogen) atoms. The van der Waals surface area contributed by atoms with E-state index in [1.165, 1.54) is 11.8 Å². The van der Waals surface area contributed by atoms with Gasteiger partial charge in [-0.1, -0.05) is 11.8 Å². The quantitative estimate of drug-likeness (QED) is 0.627. The summed E-state index contributed by atoms with van der Waals surface area (Å²) in [6.07, 6.45) is 0. The van der Waals surface area contributed by atoms with E-state index in [4.69, 9.17) is 11.0 Å². The van der Waals surface area contributed by atoms with Gasteiger partial charge in [0.25, 0.3) is 0 Å². The Bertz CT molecular complexity index is 573. The molecule has 0 heterocycles. The molecule has 0 atom stereocenters. The van der Waals surface area contributed by atoms with Gasteiger partial charge in [-0.2, -0.15) is 5.26 Å². The van der Waals surface area contributed by atoms with Crippen LogP contribution in [-0.2, 0) is 0 Å². The molecule has 0 amide bonds. The second kappa shape index (κ2) is 4.81. The largest absolute Gasteiger partial charge is 0.506 e. The molecule has 2 rings (SSSR count). The van der Waals surface area contributed by atoms with E-state index in [1.54, 1.807) is 30.3 Å². The van der Waals surface area contributed by atoms with Gasteiger partial charge in [-0.3, -0.25) is 0 Å². The topological polar surface area (TPSA) is 70.0 Å². The summed E-state index contributed by atoms with van der Waals surface area (Å²) in [5.41, 5.74) is 6.62. The van der Waals surface area contributed by atoms with Crippen LogP contribution in [-0.4, -0.2) is 5.11 Å². The molecule has 0 aliphatic carbocycles. The SMILES string of the molecule is N#Cc1ccc(Sc2ccc(O)c(N)c2)cc1. The van der Waals surface area contributed by atoms with Crippen molar-refractivity contribution in [1.82, 2.24) is 0 Å². The highest BCUT2D eigenvalue weighted by molar-refractivity contribution is 7.99. The Morgan fingerprint density at radius 1 is 1.06 bits per heavy atom. The normalized spacial score (nSPS) is 9.82. The predicted octanol–water partition coefficient (Wildman–Crippen LogP) is 3.00.